The van der Waals surface area contributed by atoms with Crippen molar-refractivity contribution >= 4 is 0 Å². The highest BCUT2D eigenvalue weighted by molar-refractivity contribution is 4.99. The molecular weight excluding hydrogens is 226 g/mol. The van der Waals surface area contributed by atoms with Gasteiger partial charge in [0.05, 0.1) is 25.3 Å². The van der Waals surface area contributed by atoms with E-state index >= 15 is 0 Å². The highest BCUT2D eigenvalue weighted by Crippen LogP contribution is 2.24. The van der Waals surface area contributed by atoms with Crippen molar-refractivity contribution in [1.82, 2.24) is 4.90 Å². The van der Waals surface area contributed by atoms with E-state index in [2.05, 4.69) is 0 Å². The molecule has 1 saturated heterocycles. The summed E-state index contributed by atoms with van der Waals surface area (Å²) in [6.45, 7) is 1.94. The molecule has 17 heavy (non-hydrogen) atoms. The van der Waals surface area contributed by atoms with Crippen LogP contribution in [0.1, 0.15) is 19.8 Å². The van der Waals surface area contributed by atoms with Crippen LogP contribution in [0.4, 0.5) is 0 Å². The van der Waals surface area contributed by atoms with Crippen molar-refractivity contribution in [2.75, 3.05) is 19.8 Å². The number of aliphatic hydroxyl groups is 5. The molecule has 102 valence electrons. The molecule has 1 heterocycles. The molecule has 0 saturated carbocycles. The molecule has 6 nitrogen and oxygen atoms in total. The second kappa shape index (κ2) is 6.63. The van der Waals surface area contributed by atoms with Crippen LogP contribution in [0, 0.1) is 0 Å². The first-order valence-corrected chi connectivity index (χ1v) is 6.10. The maximum atomic E-state index is 9.80. The molecule has 5 N–H and O–H groups in total. The standard InChI is InChI=1S/C11H23NO5/c1-2-3-4-12-7(5-13)9(15)11(17)10(16)8(12)6-14/h7-11,13-17H,2-6H2,1H3/t7-,8-,9-,10+,11-/m1/s1. The zero-order chi connectivity index (χ0) is 13.0. The number of rotatable bonds is 5. The van der Waals surface area contributed by atoms with Crippen molar-refractivity contribution in [1.29, 1.82) is 0 Å². The molecule has 6 heteroatoms. The van der Waals surface area contributed by atoms with Gasteiger partial charge < -0.3 is 25.5 Å². The number of aliphatic hydroxyl groups excluding tert-OH is 5. The lowest BCUT2D eigenvalue weighted by molar-refractivity contribution is -0.177. The van der Waals surface area contributed by atoms with Gasteiger partial charge in [0.2, 0.25) is 0 Å². The molecule has 0 amide bonds. The molecular formula is C11H23NO5. The number of hydrogen-bond acceptors (Lipinski definition) is 6. The zero-order valence-corrected chi connectivity index (χ0v) is 10.1. The molecule has 0 aromatic carbocycles. The van der Waals surface area contributed by atoms with E-state index < -0.39 is 30.4 Å². The fraction of sp³-hybridized carbons (Fsp3) is 1.00. The number of nitrogens with zero attached hydrogens (tertiary/aromatic N) is 1. The van der Waals surface area contributed by atoms with Gasteiger partial charge in [-0.15, -0.1) is 0 Å². The number of likely N-dealkylation sites (tertiary alicyclic amines) is 1. The maximum Gasteiger partial charge on any atom is 0.109 e. The lowest BCUT2D eigenvalue weighted by Crippen LogP contribution is -2.68. The minimum absolute atomic E-state index is 0.314. The van der Waals surface area contributed by atoms with E-state index in [9.17, 15) is 25.5 Å². The quantitative estimate of drug-likeness (QED) is 0.382. The van der Waals surface area contributed by atoms with Crippen molar-refractivity contribution in [3.63, 3.8) is 0 Å². The summed E-state index contributed by atoms with van der Waals surface area (Å²) in [5, 5.41) is 47.8. The van der Waals surface area contributed by atoms with Gasteiger partial charge in [-0.25, -0.2) is 0 Å². The highest BCUT2D eigenvalue weighted by Gasteiger charge is 2.46. The number of piperidine rings is 1. The van der Waals surface area contributed by atoms with Gasteiger partial charge >= 0.3 is 0 Å². The van der Waals surface area contributed by atoms with E-state index in [1.54, 1.807) is 4.90 Å². The number of unbranched alkanes of at least 4 members (excludes halogenated alkanes) is 1. The topological polar surface area (TPSA) is 104 Å². The van der Waals surface area contributed by atoms with Crippen LogP contribution in [0.5, 0.6) is 0 Å². The Balaban J connectivity index is 2.84. The lowest BCUT2D eigenvalue weighted by atomic mass is 9.88. The van der Waals surface area contributed by atoms with Gasteiger partial charge in [0, 0.05) is 0 Å². The Hall–Kier alpha value is -0.240. The second-order valence-corrected chi connectivity index (χ2v) is 4.56. The van der Waals surface area contributed by atoms with Crippen LogP contribution < -0.4 is 0 Å². The van der Waals surface area contributed by atoms with Crippen molar-refractivity contribution in [3.8, 4) is 0 Å². The Morgan fingerprint density at radius 2 is 1.35 bits per heavy atom. The number of hydrogen-bond donors (Lipinski definition) is 5. The first kappa shape index (κ1) is 14.8. The van der Waals surface area contributed by atoms with Crippen LogP contribution in [0.3, 0.4) is 0 Å². The molecule has 1 rings (SSSR count). The van der Waals surface area contributed by atoms with Gasteiger partial charge in [0.25, 0.3) is 0 Å². The van der Waals surface area contributed by atoms with Crippen molar-refractivity contribution in [2.24, 2.45) is 0 Å². The van der Waals surface area contributed by atoms with Gasteiger partial charge in [-0.2, -0.15) is 0 Å². The summed E-state index contributed by atoms with van der Waals surface area (Å²) < 4.78 is 0. The van der Waals surface area contributed by atoms with Crippen LogP contribution in [-0.4, -0.2) is 80.6 Å². The molecule has 0 aliphatic carbocycles. The molecule has 0 aromatic rings. The molecule has 5 atom stereocenters. The zero-order valence-electron chi connectivity index (χ0n) is 10.1. The second-order valence-electron chi connectivity index (χ2n) is 4.56. The van der Waals surface area contributed by atoms with Crippen LogP contribution in [-0.2, 0) is 0 Å². The Morgan fingerprint density at radius 1 is 0.882 bits per heavy atom. The predicted molar refractivity (Wildman–Crippen MR) is 61.4 cm³/mol. The summed E-state index contributed by atoms with van der Waals surface area (Å²) in [7, 11) is 0. The highest BCUT2D eigenvalue weighted by atomic mass is 16.4. The van der Waals surface area contributed by atoms with Crippen molar-refractivity contribution in [2.45, 2.75) is 50.2 Å². The summed E-state index contributed by atoms with van der Waals surface area (Å²) in [6, 6.07) is -1.28. The average Bonchev–Trinajstić information content (AvgIpc) is 2.34. The van der Waals surface area contributed by atoms with Crippen LogP contribution in [0.2, 0.25) is 0 Å². The monoisotopic (exact) mass is 249 g/mol. The van der Waals surface area contributed by atoms with E-state index in [1.165, 1.54) is 0 Å². The molecule has 0 spiro atoms. The molecule has 0 unspecified atom stereocenters. The fourth-order valence-electron chi connectivity index (χ4n) is 2.39. The first-order valence-electron chi connectivity index (χ1n) is 6.10. The third-order valence-corrected chi connectivity index (χ3v) is 3.48. The SMILES string of the molecule is CCCCN1[C@H](CO)[C@H](O)[C@H](O)[C@H](O)[C@H]1CO. The molecule has 1 aliphatic rings. The normalized spacial score (nSPS) is 39.5. The van der Waals surface area contributed by atoms with Crippen LogP contribution in [0.25, 0.3) is 0 Å². The smallest absolute Gasteiger partial charge is 0.109 e. The Kier molecular flexibility index (Phi) is 5.78. The summed E-state index contributed by atoms with van der Waals surface area (Å²) in [5.74, 6) is 0. The Morgan fingerprint density at radius 3 is 1.71 bits per heavy atom. The van der Waals surface area contributed by atoms with E-state index in [-0.39, 0.29) is 13.2 Å². The summed E-state index contributed by atoms with van der Waals surface area (Å²) in [4.78, 5) is 1.69. The van der Waals surface area contributed by atoms with Crippen LogP contribution >= 0.6 is 0 Å². The van der Waals surface area contributed by atoms with Gasteiger partial charge in [-0.1, -0.05) is 13.3 Å². The minimum Gasteiger partial charge on any atom is -0.395 e. The largest absolute Gasteiger partial charge is 0.395 e. The van der Waals surface area contributed by atoms with E-state index in [4.69, 9.17) is 0 Å². The average molecular weight is 249 g/mol. The van der Waals surface area contributed by atoms with Gasteiger partial charge in [0.15, 0.2) is 0 Å². The Labute approximate surface area is 101 Å². The molecule has 0 aromatic heterocycles. The molecule has 1 fully saturated rings. The van der Waals surface area contributed by atoms with Crippen LogP contribution in [0.15, 0.2) is 0 Å². The summed E-state index contributed by atoms with van der Waals surface area (Å²) in [6.07, 6.45) is -1.96. The molecule has 1 aliphatic heterocycles. The van der Waals surface area contributed by atoms with E-state index in [1.807, 2.05) is 6.92 Å². The van der Waals surface area contributed by atoms with Gasteiger partial charge in [-0.3, -0.25) is 4.90 Å². The Bertz CT molecular complexity index is 210. The predicted octanol–water partition coefficient (Wildman–Crippen LogP) is -2.09. The van der Waals surface area contributed by atoms with E-state index in [0.717, 1.165) is 12.8 Å². The van der Waals surface area contributed by atoms with E-state index in [0.29, 0.717) is 6.54 Å². The lowest BCUT2D eigenvalue weighted by Gasteiger charge is -2.48. The summed E-state index contributed by atoms with van der Waals surface area (Å²) >= 11 is 0. The fourth-order valence-corrected chi connectivity index (χ4v) is 2.39. The third kappa shape index (κ3) is 2.96. The van der Waals surface area contributed by atoms with Crippen molar-refractivity contribution < 1.29 is 25.5 Å². The molecule has 0 bridgehead atoms. The molecule has 0 radical (unpaired) electrons. The first-order chi connectivity index (χ1) is 8.08. The summed E-state index contributed by atoms with van der Waals surface area (Å²) in [5.41, 5.74) is 0. The maximum absolute atomic E-state index is 9.80. The van der Waals surface area contributed by atoms with Gasteiger partial charge in [0.1, 0.15) is 18.3 Å². The van der Waals surface area contributed by atoms with Gasteiger partial charge in [-0.05, 0) is 13.0 Å². The third-order valence-electron chi connectivity index (χ3n) is 3.48. The van der Waals surface area contributed by atoms with Crippen molar-refractivity contribution in [3.05, 3.63) is 0 Å². The minimum atomic E-state index is -1.33.